The summed E-state index contributed by atoms with van der Waals surface area (Å²) in [6.07, 6.45) is 1.70. The molecular formula is C22H25N7O2. The predicted octanol–water partition coefficient (Wildman–Crippen LogP) is 3.21. The number of nitrogens with zero attached hydrogens (tertiary/aromatic N) is 5. The van der Waals surface area contributed by atoms with Crippen LogP contribution in [0.2, 0.25) is 0 Å². The number of methoxy groups -OCH3 is 1. The molecule has 31 heavy (non-hydrogen) atoms. The van der Waals surface area contributed by atoms with Gasteiger partial charge in [0, 0.05) is 18.8 Å². The van der Waals surface area contributed by atoms with E-state index in [0.29, 0.717) is 31.1 Å². The average molecular weight is 419 g/mol. The third-order valence-corrected chi connectivity index (χ3v) is 4.72. The molecule has 0 radical (unpaired) electrons. The summed E-state index contributed by atoms with van der Waals surface area (Å²) in [6.45, 7) is 4.78. The van der Waals surface area contributed by atoms with Gasteiger partial charge < -0.3 is 19.7 Å². The van der Waals surface area contributed by atoms with E-state index in [9.17, 15) is 0 Å². The second kappa shape index (κ2) is 9.86. The highest BCUT2D eigenvalue weighted by Crippen LogP contribution is 2.19. The average Bonchev–Trinajstić information content (AvgIpc) is 2.81. The predicted molar refractivity (Wildman–Crippen MR) is 122 cm³/mol. The molecule has 1 aromatic heterocycles. The second-order valence-corrected chi connectivity index (χ2v) is 7.02. The highest BCUT2D eigenvalue weighted by atomic mass is 16.5. The molecule has 9 heteroatoms. The van der Waals surface area contributed by atoms with Crippen molar-refractivity contribution in [2.24, 2.45) is 5.10 Å². The number of aromatic nitrogens is 3. The van der Waals surface area contributed by atoms with Gasteiger partial charge in [0.05, 0.1) is 26.5 Å². The van der Waals surface area contributed by atoms with Crippen LogP contribution >= 0.6 is 0 Å². The first-order valence-electron chi connectivity index (χ1n) is 10.1. The van der Waals surface area contributed by atoms with E-state index < -0.39 is 0 Å². The lowest BCUT2D eigenvalue weighted by Crippen LogP contribution is -2.37. The van der Waals surface area contributed by atoms with Crippen LogP contribution in [0.4, 0.5) is 23.5 Å². The minimum atomic E-state index is 0.357. The SMILES string of the molecule is COc1ccc(/C=N\Nc2nc(Nc3ccc(C)cc3)nc(N3CCOCC3)n2)cc1. The Balaban J connectivity index is 1.54. The molecule has 0 aliphatic carbocycles. The van der Waals surface area contributed by atoms with Crippen molar-refractivity contribution in [2.45, 2.75) is 6.92 Å². The molecule has 2 aromatic carbocycles. The van der Waals surface area contributed by atoms with Crippen molar-refractivity contribution in [3.8, 4) is 5.75 Å². The van der Waals surface area contributed by atoms with E-state index in [2.05, 4.69) is 35.7 Å². The van der Waals surface area contributed by atoms with Crippen LogP contribution in [0, 0.1) is 6.92 Å². The van der Waals surface area contributed by atoms with Crippen molar-refractivity contribution in [2.75, 3.05) is 49.1 Å². The van der Waals surface area contributed by atoms with Crippen molar-refractivity contribution >= 4 is 29.7 Å². The maximum absolute atomic E-state index is 5.44. The first kappa shape index (κ1) is 20.5. The van der Waals surface area contributed by atoms with Gasteiger partial charge in [0.2, 0.25) is 17.8 Å². The second-order valence-electron chi connectivity index (χ2n) is 7.02. The monoisotopic (exact) mass is 419 g/mol. The van der Waals surface area contributed by atoms with E-state index in [-0.39, 0.29) is 0 Å². The molecule has 1 aliphatic heterocycles. The number of nitrogens with one attached hydrogen (secondary N) is 2. The maximum atomic E-state index is 5.44. The van der Waals surface area contributed by atoms with Crippen LogP contribution < -0.4 is 20.4 Å². The smallest absolute Gasteiger partial charge is 0.250 e. The zero-order valence-electron chi connectivity index (χ0n) is 17.6. The van der Waals surface area contributed by atoms with E-state index in [4.69, 9.17) is 9.47 Å². The quantitative estimate of drug-likeness (QED) is 0.445. The Morgan fingerprint density at radius 3 is 2.39 bits per heavy atom. The molecule has 1 aliphatic rings. The Kier molecular flexibility index (Phi) is 6.53. The van der Waals surface area contributed by atoms with Crippen LogP contribution in [0.1, 0.15) is 11.1 Å². The molecule has 2 N–H and O–H groups in total. The molecule has 0 amide bonds. The molecule has 0 saturated carbocycles. The number of hydrazone groups is 1. The molecule has 0 bridgehead atoms. The Morgan fingerprint density at radius 2 is 1.68 bits per heavy atom. The van der Waals surface area contributed by atoms with Gasteiger partial charge in [-0.25, -0.2) is 5.43 Å². The number of ether oxygens (including phenoxy) is 2. The molecule has 160 valence electrons. The van der Waals surface area contributed by atoms with Gasteiger partial charge in [-0.05, 0) is 48.9 Å². The minimum Gasteiger partial charge on any atom is -0.497 e. The van der Waals surface area contributed by atoms with Gasteiger partial charge in [-0.2, -0.15) is 20.1 Å². The summed E-state index contributed by atoms with van der Waals surface area (Å²) in [4.78, 5) is 15.7. The first-order chi connectivity index (χ1) is 15.2. The lowest BCUT2D eigenvalue weighted by molar-refractivity contribution is 0.122. The lowest BCUT2D eigenvalue weighted by atomic mass is 10.2. The molecule has 3 aromatic rings. The number of anilines is 4. The molecule has 0 unspecified atom stereocenters. The van der Waals surface area contributed by atoms with Crippen LogP contribution in [-0.4, -0.2) is 54.6 Å². The van der Waals surface area contributed by atoms with Crippen LogP contribution in [-0.2, 0) is 4.74 Å². The van der Waals surface area contributed by atoms with Gasteiger partial charge >= 0.3 is 0 Å². The van der Waals surface area contributed by atoms with E-state index in [1.165, 1.54) is 5.56 Å². The van der Waals surface area contributed by atoms with E-state index in [1.54, 1.807) is 13.3 Å². The first-order valence-corrected chi connectivity index (χ1v) is 10.1. The Bertz CT molecular complexity index is 1020. The fraction of sp³-hybridized carbons (Fsp3) is 0.273. The van der Waals surface area contributed by atoms with Crippen LogP contribution in [0.15, 0.2) is 53.6 Å². The molecule has 1 fully saturated rings. The van der Waals surface area contributed by atoms with Crippen molar-refractivity contribution in [3.05, 3.63) is 59.7 Å². The topological polar surface area (TPSA) is 96.8 Å². The van der Waals surface area contributed by atoms with Gasteiger partial charge in [0.1, 0.15) is 5.75 Å². The molecule has 2 heterocycles. The summed E-state index contributed by atoms with van der Waals surface area (Å²) < 4.78 is 10.6. The van der Waals surface area contributed by atoms with E-state index >= 15 is 0 Å². The fourth-order valence-electron chi connectivity index (χ4n) is 3.00. The Labute approximate surface area is 181 Å². The van der Waals surface area contributed by atoms with Crippen molar-refractivity contribution in [1.29, 1.82) is 0 Å². The third kappa shape index (κ3) is 5.67. The minimum absolute atomic E-state index is 0.357. The van der Waals surface area contributed by atoms with Gasteiger partial charge in [0.15, 0.2) is 0 Å². The summed E-state index contributed by atoms with van der Waals surface area (Å²) >= 11 is 0. The van der Waals surface area contributed by atoms with Gasteiger partial charge in [-0.1, -0.05) is 17.7 Å². The van der Waals surface area contributed by atoms with Crippen LogP contribution in [0.5, 0.6) is 5.75 Å². The zero-order valence-corrected chi connectivity index (χ0v) is 17.6. The van der Waals surface area contributed by atoms with Gasteiger partial charge in [-0.3, -0.25) is 0 Å². The summed E-state index contributed by atoms with van der Waals surface area (Å²) in [6, 6.07) is 15.6. The fourth-order valence-corrected chi connectivity index (χ4v) is 3.00. The number of hydrogen-bond donors (Lipinski definition) is 2. The highest BCUT2D eigenvalue weighted by Gasteiger charge is 2.16. The Morgan fingerprint density at radius 1 is 0.968 bits per heavy atom. The molecule has 0 atom stereocenters. The summed E-state index contributed by atoms with van der Waals surface area (Å²) in [5.41, 5.74) is 5.93. The lowest BCUT2D eigenvalue weighted by Gasteiger charge is -2.27. The molecule has 9 nitrogen and oxygen atoms in total. The Hall–Kier alpha value is -3.72. The third-order valence-electron chi connectivity index (χ3n) is 4.72. The normalized spacial score (nSPS) is 13.9. The van der Waals surface area contributed by atoms with Crippen LogP contribution in [0.3, 0.4) is 0 Å². The molecule has 0 spiro atoms. The van der Waals surface area contributed by atoms with Crippen molar-refractivity contribution in [3.63, 3.8) is 0 Å². The van der Waals surface area contributed by atoms with E-state index in [0.717, 1.165) is 30.1 Å². The standard InChI is InChI=1S/C22H25N7O2/c1-16-3-7-18(8-4-16)24-20-25-21(27-22(26-20)29-11-13-31-14-12-29)28-23-15-17-5-9-19(30-2)10-6-17/h3-10,15H,11-14H2,1-2H3,(H2,24,25,26,27,28)/b23-15-. The number of aryl methyl sites for hydroxylation is 1. The van der Waals surface area contributed by atoms with Gasteiger partial charge in [0.25, 0.3) is 0 Å². The highest BCUT2D eigenvalue weighted by molar-refractivity contribution is 5.80. The number of morpholine rings is 1. The van der Waals surface area contributed by atoms with Crippen LogP contribution in [0.25, 0.3) is 0 Å². The number of hydrogen-bond acceptors (Lipinski definition) is 9. The molecule has 1 saturated heterocycles. The zero-order chi connectivity index (χ0) is 21.5. The number of benzene rings is 2. The molecule has 4 rings (SSSR count). The number of rotatable bonds is 7. The maximum Gasteiger partial charge on any atom is 0.250 e. The summed E-state index contributed by atoms with van der Waals surface area (Å²) in [5.74, 6) is 2.18. The van der Waals surface area contributed by atoms with Crippen molar-refractivity contribution in [1.82, 2.24) is 15.0 Å². The van der Waals surface area contributed by atoms with Gasteiger partial charge in [-0.15, -0.1) is 0 Å². The summed E-state index contributed by atoms with van der Waals surface area (Å²) in [7, 11) is 1.64. The largest absolute Gasteiger partial charge is 0.497 e. The van der Waals surface area contributed by atoms with E-state index in [1.807, 2.05) is 55.5 Å². The summed E-state index contributed by atoms with van der Waals surface area (Å²) in [5, 5.41) is 7.52. The molecular weight excluding hydrogens is 394 g/mol. The van der Waals surface area contributed by atoms with Crippen molar-refractivity contribution < 1.29 is 9.47 Å².